The van der Waals surface area contributed by atoms with Crippen LogP contribution in [0.25, 0.3) is 22.4 Å². The van der Waals surface area contributed by atoms with Gasteiger partial charge in [0.25, 0.3) is 5.91 Å². The molecule has 1 fully saturated rings. The van der Waals surface area contributed by atoms with Crippen LogP contribution in [0.4, 0.5) is 5.95 Å². The molecule has 1 saturated heterocycles. The van der Waals surface area contributed by atoms with Gasteiger partial charge in [0.05, 0.1) is 11.2 Å². The summed E-state index contributed by atoms with van der Waals surface area (Å²) in [7, 11) is 0. The molecule has 38 heavy (non-hydrogen) atoms. The van der Waals surface area contributed by atoms with Crippen LogP contribution in [0.1, 0.15) is 43.1 Å². The van der Waals surface area contributed by atoms with Crippen LogP contribution >= 0.6 is 0 Å². The van der Waals surface area contributed by atoms with Gasteiger partial charge < -0.3 is 19.5 Å². The number of amides is 1. The fourth-order valence-corrected chi connectivity index (χ4v) is 6.60. The van der Waals surface area contributed by atoms with Crippen LogP contribution in [0.5, 0.6) is 0 Å². The minimum absolute atomic E-state index is 0.0672. The van der Waals surface area contributed by atoms with E-state index in [4.69, 9.17) is 9.97 Å². The number of aromatic nitrogens is 5. The standard InChI is InChI=1S/C29H31N7O2/c1-19(37)27(38)34-13-15-35(16-14-34)28-30-17-21(18-31-28)23-8-9-24-26(33-23)36-25(32-24)7-4-11-29(36)12-10-20-5-2-3-6-22(20)29/h2-3,5-6,8-9,17-19,37H,4,7,10-16H2,1H3. The molecule has 2 unspecified atom stereocenters. The predicted molar refractivity (Wildman–Crippen MR) is 144 cm³/mol. The number of aryl methyl sites for hydroxylation is 2. The monoisotopic (exact) mass is 509 g/mol. The zero-order chi connectivity index (χ0) is 25.9. The van der Waals surface area contributed by atoms with E-state index >= 15 is 0 Å². The Bertz CT molecular complexity index is 1520. The predicted octanol–water partition coefficient (Wildman–Crippen LogP) is 2.94. The lowest BCUT2D eigenvalue weighted by molar-refractivity contribution is -0.139. The number of benzene rings is 1. The molecule has 7 rings (SSSR count). The van der Waals surface area contributed by atoms with E-state index in [0.29, 0.717) is 32.1 Å². The van der Waals surface area contributed by atoms with Gasteiger partial charge in [0, 0.05) is 50.6 Å². The fraction of sp³-hybridized carbons (Fsp3) is 0.414. The highest BCUT2D eigenvalue weighted by Crippen LogP contribution is 2.48. The number of pyridine rings is 1. The van der Waals surface area contributed by atoms with Gasteiger partial charge in [0.2, 0.25) is 5.95 Å². The van der Waals surface area contributed by atoms with Gasteiger partial charge in [0.15, 0.2) is 5.65 Å². The van der Waals surface area contributed by atoms with E-state index in [0.717, 1.165) is 60.3 Å². The van der Waals surface area contributed by atoms with Crippen molar-refractivity contribution in [3.63, 3.8) is 0 Å². The van der Waals surface area contributed by atoms with Gasteiger partial charge in [-0.1, -0.05) is 24.3 Å². The van der Waals surface area contributed by atoms with E-state index in [9.17, 15) is 9.90 Å². The molecular weight excluding hydrogens is 478 g/mol. The molecule has 194 valence electrons. The lowest BCUT2D eigenvalue weighted by atomic mass is 9.83. The van der Waals surface area contributed by atoms with Crippen molar-refractivity contribution in [3.05, 3.63) is 65.7 Å². The summed E-state index contributed by atoms with van der Waals surface area (Å²) in [5, 5.41) is 9.57. The fourth-order valence-electron chi connectivity index (χ4n) is 6.60. The topological polar surface area (TPSA) is 100 Å². The maximum absolute atomic E-state index is 12.1. The maximum atomic E-state index is 12.1. The molecule has 0 bridgehead atoms. The molecule has 5 heterocycles. The summed E-state index contributed by atoms with van der Waals surface area (Å²) >= 11 is 0. The number of aliphatic hydroxyl groups excluding tert-OH is 1. The number of carbonyl (C=O) groups excluding carboxylic acids is 1. The summed E-state index contributed by atoms with van der Waals surface area (Å²) in [5.74, 6) is 1.54. The molecule has 1 N–H and O–H groups in total. The summed E-state index contributed by atoms with van der Waals surface area (Å²) < 4.78 is 2.43. The summed E-state index contributed by atoms with van der Waals surface area (Å²) in [4.78, 5) is 35.2. The Balaban J connectivity index is 1.19. The highest BCUT2D eigenvalue weighted by Gasteiger charge is 2.44. The second kappa shape index (κ2) is 8.87. The average molecular weight is 510 g/mol. The van der Waals surface area contributed by atoms with E-state index in [1.807, 2.05) is 18.5 Å². The number of carbonyl (C=O) groups is 1. The van der Waals surface area contributed by atoms with Crippen molar-refractivity contribution < 1.29 is 9.90 Å². The minimum atomic E-state index is -0.971. The average Bonchev–Trinajstić information content (AvgIpc) is 3.52. The van der Waals surface area contributed by atoms with Gasteiger partial charge >= 0.3 is 0 Å². The van der Waals surface area contributed by atoms with E-state index in [-0.39, 0.29) is 11.4 Å². The molecule has 1 aromatic carbocycles. The Morgan fingerprint density at radius 2 is 1.76 bits per heavy atom. The summed E-state index contributed by atoms with van der Waals surface area (Å²) in [6.07, 6.45) is 8.10. The SMILES string of the molecule is CC(O)C(=O)N1CCN(c2ncc(-c3ccc4nc5n(c4n3)C3(CCC5)CCc4ccccc43)cn2)CC1. The van der Waals surface area contributed by atoms with E-state index in [1.165, 1.54) is 18.1 Å². The molecule has 0 saturated carbocycles. The number of aliphatic hydroxyl groups is 1. The quantitative estimate of drug-likeness (QED) is 0.453. The van der Waals surface area contributed by atoms with Crippen molar-refractivity contribution >= 4 is 23.0 Å². The van der Waals surface area contributed by atoms with Crippen molar-refractivity contribution in [1.82, 2.24) is 29.4 Å². The number of imidazole rings is 1. The first-order chi connectivity index (χ1) is 18.5. The molecule has 3 aromatic heterocycles. The van der Waals surface area contributed by atoms with Crippen LogP contribution < -0.4 is 4.90 Å². The smallest absolute Gasteiger partial charge is 0.251 e. The molecule has 3 aliphatic rings. The molecule has 1 spiro atoms. The third-order valence-electron chi connectivity index (χ3n) is 8.48. The van der Waals surface area contributed by atoms with Crippen LogP contribution in [0.15, 0.2) is 48.8 Å². The first-order valence-corrected chi connectivity index (χ1v) is 13.5. The second-order valence-corrected chi connectivity index (χ2v) is 10.7. The molecule has 0 radical (unpaired) electrons. The van der Waals surface area contributed by atoms with Gasteiger partial charge in [0.1, 0.15) is 17.4 Å². The van der Waals surface area contributed by atoms with Gasteiger partial charge in [-0.25, -0.2) is 19.9 Å². The molecule has 4 aromatic rings. The molecular formula is C29H31N7O2. The van der Waals surface area contributed by atoms with Crippen molar-refractivity contribution in [2.75, 3.05) is 31.1 Å². The summed E-state index contributed by atoms with van der Waals surface area (Å²) in [6, 6.07) is 12.9. The number of fused-ring (bicyclic) bond motifs is 6. The zero-order valence-electron chi connectivity index (χ0n) is 21.5. The van der Waals surface area contributed by atoms with Crippen molar-refractivity contribution in [2.45, 2.75) is 50.7 Å². The van der Waals surface area contributed by atoms with Gasteiger partial charge in [-0.15, -0.1) is 0 Å². The van der Waals surface area contributed by atoms with E-state index in [1.54, 1.807) is 4.90 Å². The Hall–Kier alpha value is -3.85. The third kappa shape index (κ3) is 3.60. The van der Waals surface area contributed by atoms with Gasteiger partial charge in [-0.3, -0.25) is 4.79 Å². The van der Waals surface area contributed by atoms with Crippen LogP contribution in [0.3, 0.4) is 0 Å². The third-order valence-corrected chi connectivity index (χ3v) is 8.48. The largest absolute Gasteiger partial charge is 0.384 e. The Kier molecular flexibility index (Phi) is 5.43. The number of anilines is 1. The van der Waals surface area contributed by atoms with Crippen molar-refractivity contribution in [3.8, 4) is 11.3 Å². The lowest BCUT2D eigenvalue weighted by Crippen LogP contribution is -2.51. The second-order valence-electron chi connectivity index (χ2n) is 10.7. The molecule has 2 aliphatic heterocycles. The van der Waals surface area contributed by atoms with Crippen LogP contribution in [0, 0.1) is 0 Å². The van der Waals surface area contributed by atoms with Crippen molar-refractivity contribution in [2.24, 2.45) is 0 Å². The normalized spacial score (nSPS) is 21.5. The maximum Gasteiger partial charge on any atom is 0.251 e. The Labute approximate surface area is 221 Å². The van der Waals surface area contributed by atoms with Gasteiger partial charge in [-0.05, 0) is 55.9 Å². The zero-order valence-corrected chi connectivity index (χ0v) is 21.5. The summed E-state index contributed by atoms with van der Waals surface area (Å²) in [5.41, 5.74) is 6.39. The number of hydrogen-bond acceptors (Lipinski definition) is 7. The van der Waals surface area contributed by atoms with Crippen LogP contribution in [0.2, 0.25) is 0 Å². The van der Waals surface area contributed by atoms with Crippen LogP contribution in [-0.2, 0) is 23.2 Å². The van der Waals surface area contributed by atoms with E-state index < -0.39 is 6.10 Å². The minimum Gasteiger partial charge on any atom is -0.384 e. The first-order valence-electron chi connectivity index (χ1n) is 13.5. The van der Waals surface area contributed by atoms with Crippen LogP contribution in [-0.4, -0.2) is 72.7 Å². The molecule has 1 amide bonds. The highest BCUT2D eigenvalue weighted by molar-refractivity contribution is 5.80. The van der Waals surface area contributed by atoms with Gasteiger partial charge in [-0.2, -0.15) is 0 Å². The molecule has 2 atom stereocenters. The summed E-state index contributed by atoms with van der Waals surface area (Å²) in [6.45, 7) is 3.86. The Morgan fingerprint density at radius 3 is 2.55 bits per heavy atom. The van der Waals surface area contributed by atoms with Crippen molar-refractivity contribution in [1.29, 1.82) is 0 Å². The number of nitrogens with zero attached hydrogens (tertiary/aromatic N) is 7. The Morgan fingerprint density at radius 1 is 0.974 bits per heavy atom. The molecule has 9 nitrogen and oxygen atoms in total. The number of rotatable bonds is 3. The first kappa shape index (κ1) is 23.3. The molecule has 1 aliphatic carbocycles. The highest BCUT2D eigenvalue weighted by atomic mass is 16.3. The number of piperazine rings is 1. The molecule has 9 heteroatoms. The number of hydrogen-bond donors (Lipinski definition) is 1. The van der Waals surface area contributed by atoms with E-state index in [2.05, 4.69) is 49.8 Å². The lowest BCUT2D eigenvalue weighted by Gasteiger charge is -2.37.